The van der Waals surface area contributed by atoms with Gasteiger partial charge in [-0.3, -0.25) is 4.57 Å². The highest BCUT2D eigenvalue weighted by Crippen LogP contribution is 2.30. The van der Waals surface area contributed by atoms with Crippen LogP contribution in [0.1, 0.15) is 37.2 Å². The Bertz CT molecular complexity index is 1180. The molecule has 1 aliphatic carbocycles. The summed E-state index contributed by atoms with van der Waals surface area (Å²) in [6, 6.07) is 13.6. The van der Waals surface area contributed by atoms with Gasteiger partial charge < -0.3 is 4.74 Å². The van der Waals surface area contributed by atoms with Crippen LogP contribution in [0.25, 0.3) is 0 Å². The molecule has 0 unspecified atom stereocenters. The molecule has 3 aromatic rings. The van der Waals surface area contributed by atoms with Gasteiger partial charge in [-0.1, -0.05) is 58.6 Å². The Kier molecular flexibility index (Phi) is 7.05. The SMILES string of the molecule is CCn1c(OCC2CC2)nnc1[C@@H](Cc1ccccc1)NS(=O)(=O)c1ccc(Cl)c(Cl)c1. The van der Waals surface area contributed by atoms with Gasteiger partial charge in [0.15, 0.2) is 5.82 Å². The van der Waals surface area contributed by atoms with Gasteiger partial charge in [0, 0.05) is 6.54 Å². The van der Waals surface area contributed by atoms with Crippen LogP contribution >= 0.6 is 23.2 Å². The summed E-state index contributed by atoms with van der Waals surface area (Å²) in [6.45, 7) is 3.09. The molecule has 0 spiro atoms. The molecule has 1 atom stereocenters. The first-order valence-electron chi connectivity index (χ1n) is 10.4. The number of sulfonamides is 1. The number of aromatic nitrogens is 3. The van der Waals surface area contributed by atoms with Gasteiger partial charge in [0.25, 0.3) is 0 Å². The molecule has 170 valence electrons. The molecule has 1 aromatic heterocycles. The lowest BCUT2D eigenvalue weighted by atomic mass is 10.1. The van der Waals surface area contributed by atoms with E-state index >= 15 is 0 Å². The Morgan fingerprint density at radius 1 is 1.12 bits per heavy atom. The summed E-state index contributed by atoms with van der Waals surface area (Å²) < 4.78 is 36.8. The summed E-state index contributed by atoms with van der Waals surface area (Å²) in [5.41, 5.74) is 0.959. The van der Waals surface area contributed by atoms with E-state index in [4.69, 9.17) is 27.9 Å². The summed E-state index contributed by atoms with van der Waals surface area (Å²) in [5.74, 6) is 1.06. The van der Waals surface area contributed by atoms with Crippen molar-refractivity contribution in [1.82, 2.24) is 19.5 Å². The zero-order valence-electron chi connectivity index (χ0n) is 17.5. The quantitative estimate of drug-likeness (QED) is 0.442. The summed E-state index contributed by atoms with van der Waals surface area (Å²) in [5, 5.41) is 8.96. The van der Waals surface area contributed by atoms with Gasteiger partial charge in [0.05, 0.1) is 27.6 Å². The van der Waals surface area contributed by atoms with Crippen LogP contribution in [-0.4, -0.2) is 29.8 Å². The molecule has 32 heavy (non-hydrogen) atoms. The summed E-state index contributed by atoms with van der Waals surface area (Å²) in [6.07, 6.45) is 2.71. The lowest BCUT2D eigenvalue weighted by molar-refractivity contribution is 0.262. The van der Waals surface area contributed by atoms with Crippen molar-refractivity contribution in [2.24, 2.45) is 5.92 Å². The number of hydrogen-bond donors (Lipinski definition) is 1. The van der Waals surface area contributed by atoms with Crippen molar-refractivity contribution in [2.75, 3.05) is 6.61 Å². The average molecular weight is 495 g/mol. The lowest BCUT2D eigenvalue weighted by Crippen LogP contribution is -2.32. The molecule has 4 rings (SSSR count). The highest BCUT2D eigenvalue weighted by Gasteiger charge is 2.29. The van der Waals surface area contributed by atoms with E-state index in [0.29, 0.717) is 37.3 Å². The fourth-order valence-corrected chi connectivity index (χ4v) is 4.96. The molecule has 2 aromatic carbocycles. The maximum Gasteiger partial charge on any atom is 0.316 e. The molecule has 1 N–H and O–H groups in total. The minimum Gasteiger partial charge on any atom is -0.463 e. The van der Waals surface area contributed by atoms with E-state index in [2.05, 4.69) is 14.9 Å². The summed E-state index contributed by atoms with van der Waals surface area (Å²) in [7, 11) is -3.91. The maximum atomic E-state index is 13.2. The van der Waals surface area contributed by atoms with E-state index in [1.54, 1.807) is 0 Å². The van der Waals surface area contributed by atoms with Gasteiger partial charge in [-0.2, -0.15) is 0 Å². The van der Waals surface area contributed by atoms with Gasteiger partial charge in [-0.05, 0) is 55.9 Å². The lowest BCUT2D eigenvalue weighted by Gasteiger charge is -2.20. The Balaban J connectivity index is 1.66. The molecule has 0 bridgehead atoms. The number of ether oxygens (including phenoxy) is 1. The van der Waals surface area contributed by atoms with Crippen molar-refractivity contribution in [1.29, 1.82) is 0 Å². The Labute approximate surface area is 197 Å². The van der Waals surface area contributed by atoms with E-state index in [0.717, 1.165) is 18.4 Å². The predicted molar refractivity (Wildman–Crippen MR) is 124 cm³/mol. The minimum atomic E-state index is -3.91. The van der Waals surface area contributed by atoms with Crippen molar-refractivity contribution in [3.8, 4) is 6.01 Å². The van der Waals surface area contributed by atoms with Gasteiger partial charge in [-0.25, -0.2) is 13.1 Å². The molecule has 7 nitrogen and oxygen atoms in total. The zero-order chi connectivity index (χ0) is 22.7. The number of rotatable bonds is 10. The normalized spacial score (nSPS) is 15.0. The van der Waals surface area contributed by atoms with Crippen LogP contribution in [0.4, 0.5) is 0 Å². The van der Waals surface area contributed by atoms with Crippen LogP contribution in [0.5, 0.6) is 6.01 Å². The molecular formula is C22H24Cl2N4O3S. The smallest absolute Gasteiger partial charge is 0.316 e. The van der Waals surface area contributed by atoms with Gasteiger partial charge in [-0.15, -0.1) is 5.10 Å². The van der Waals surface area contributed by atoms with Crippen molar-refractivity contribution in [2.45, 2.75) is 43.7 Å². The third-order valence-electron chi connectivity index (χ3n) is 5.30. The molecule has 10 heteroatoms. The second kappa shape index (κ2) is 9.79. The van der Waals surface area contributed by atoms with E-state index in [-0.39, 0.29) is 14.9 Å². The predicted octanol–water partition coefficient (Wildman–Crippen LogP) is 4.66. The Morgan fingerprint density at radius 3 is 2.53 bits per heavy atom. The fourth-order valence-electron chi connectivity index (χ4n) is 3.37. The molecule has 0 radical (unpaired) electrons. The van der Waals surface area contributed by atoms with Crippen molar-refractivity contribution < 1.29 is 13.2 Å². The monoisotopic (exact) mass is 494 g/mol. The molecule has 1 saturated carbocycles. The average Bonchev–Trinajstić information content (AvgIpc) is 3.51. The molecule has 1 fully saturated rings. The molecular weight excluding hydrogens is 471 g/mol. The minimum absolute atomic E-state index is 0.0257. The highest BCUT2D eigenvalue weighted by atomic mass is 35.5. The Hall–Kier alpha value is -2.13. The van der Waals surface area contributed by atoms with Crippen LogP contribution in [0, 0.1) is 5.92 Å². The van der Waals surface area contributed by atoms with Crippen LogP contribution < -0.4 is 9.46 Å². The van der Waals surface area contributed by atoms with Crippen LogP contribution in [0.3, 0.4) is 0 Å². The number of nitrogens with zero attached hydrogens (tertiary/aromatic N) is 3. The van der Waals surface area contributed by atoms with E-state index in [1.165, 1.54) is 18.2 Å². The van der Waals surface area contributed by atoms with Crippen LogP contribution in [-0.2, 0) is 23.0 Å². The Morgan fingerprint density at radius 2 is 1.88 bits per heavy atom. The van der Waals surface area contributed by atoms with Crippen molar-refractivity contribution >= 4 is 33.2 Å². The number of halogens is 2. The van der Waals surface area contributed by atoms with Crippen molar-refractivity contribution in [3.05, 3.63) is 70.0 Å². The maximum absolute atomic E-state index is 13.2. The molecule has 0 aliphatic heterocycles. The van der Waals surface area contributed by atoms with E-state index in [9.17, 15) is 8.42 Å². The standard InChI is InChI=1S/C22H24Cl2N4O3S/c1-2-28-21(25-26-22(28)31-14-16-8-9-16)20(12-15-6-4-3-5-7-15)27-32(29,30)17-10-11-18(23)19(24)13-17/h3-7,10-11,13,16,20,27H,2,8-9,12,14H2,1H3/t20-/m1/s1. The third-order valence-corrected chi connectivity index (χ3v) is 7.51. The van der Waals surface area contributed by atoms with E-state index in [1.807, 2.05) is 41.8 Å². The van der Waals surface area contributed by atoms with E-state index < -0.39 is 16.1 Å². The first-order chi connectivity index (χ1) is 15.4. The second-order valence-corrected chi connectivity index (χ2v) is 10.3. The number of hydrogen-bond acceptors (Lipinski definition) is 5. The first kappa shape index (κ1) is 23.0. The van der Waals surface area contributed by atoms with Gasteiger partial charge in [0.1, 0.15) is 0 Å². The molecule has 1 aliphatic rings. The first-order valence-corrected chi connectivity index (χ1v) is 12.7. The largest absolute Gasteiger partial charge is 0.463 e. The van der Waals surface area contributed by atoms with Crippen molar-refractivity contribution in [3.63, 3.8) is 0 Å². The van der Waals surface area contributed by atoms with Crippen LogP contribution in [0.15, 0.2) is 53.4 Å². The van der Waals surface area contributed by atoms with Gasteiger partial charge in [0.2, 0.25) is 10.0 Å². The molecule has 0 amide bonds. The highest BCUT2D eigenvalue weighted by molar-refractivity contribution is 7.89. The third kappa shape index (κ3) is 5.43. The summed E-state index contributed by atoms with van der Waals surface area (Å²) in [4.78, 5) is 0.0257. The van der Waals surface area contributed by atoms with Gasteiger partial charge >= 0.3 is 6.01 Å². The number of nitrogens with one attached hydrogen (secondary N) is 1. The van der Waals surface area contributed by atoms with Crippen LogP contribution in [0.2, 0.25) is 10.0 Å². The molecule has 1 heterocycles. The second-order valence-electron chi connectivity index (χ2n) is 7.78. The fraction of sp³-hybridized carbons (Fsp3) is 0.364. The number of benzene rings is 2. The molecule has 0 saturated heterocycles. The summed E-state index contributed by atoms with van der Waals surface area (Å²) >= 11 is 12.0. The zero-order valence-corrected chi connectivity index (χ0v) is 19.9. The topological polar surface area (TPSA) is 86.1 Å².